The van der Waals surface area contributed by atoms with Crippen LogP contribution < -0.4 is 4.74 Å². The molecule has 9 aromatic rings. The first-order chi connectivity index (χ1) is 28.2. The van der Waals surface area contributed by atoms with Gasteiger partial charge in [-0.25, -0.2) is 34.7 Å². The van der Waals surface area contributed by atoms with Crippen LogP contribution in [0.2, 0.25) is 0 Å². The van der Waals surface area contributed by atoms with Crippen LogP contribution in [-0.4, -0.2) is 29.9 Å². The summed E-state index contributed by atoms with van der Waals surface area (Å²) in [6.07, 6.45) is 0. The minimum absolute atomic E-state index is 0.463. The van der Waals surface area contributed by atoms with Gasteiger partial charge in [0.25, 0.3) is 0 Å². The highest BCUT2D eigenvalue weighted by atomic mass is 16.5. The van der Waals surface area contributed by atoms with Crippen molar-refractivity contribution in [3.05, 3.63) is 199 Å². The van der Waals surface area contributed by atoms with Crippen molar-refractivity contribution in [3.8, 4) is 91.0 Å². The number of hydrogen-bond acceptors (Lipinski definition) is 7. The molecule has 2 heterocycles. The van der Waals surface area contributed by atoms with Crippen LogP contribution >= 0.6 is 0 Å². The summed E-state index contributed by atoms with van der Waals surface area (Å²) in [5, 5.41) is 0. The van der Waals surface area contributed by atoms with Crippen LogP contribution in [0.15, 0.2) is 188 Å². The van der Waals surface area contributed by atoms with Crippen molar-refractivity contribution >= 4 is 5.69 Å². The van der Waals surface area contributed by atoms with Crippen LogP contribution in [0.1, 0.15) is 0 Å². The Kier molecular flexibility index (Phi) is 9.52. The van der Waals surface area contributed by atoms with E-state index in [9.17, 15) is 0 Å². The van der Waals surface area contributed by atoms with Gasteiger partial charge in [0.15, 0.2) is 40.6 Å². The van der Waals surface area contributed by atoms with Gasteiger partial charge in [0.1, 0.15) is 11.5 Å². The van der Waals surface area contributed by atoms with Gasteiger partial charge in [-0.1, -0.05) is 164 Å². The zero-order chi connectivity index (χ0) is 38.4. The molecular formula is C49H31N7O. The summed E-state index contributed by atoms with van der Waals surface area (Å²) in [5.74, 6) is 4.37. The van der Waals surface area contributed by atoms with E-state index in [2.05, 4.69) is 4.85 Å². The lowest BCUT2D eigenvalue weighted by Gasteiger charge is -2.13. The number of para-hydroxylation sites is 2. The van der Waals surface area contributed by atoms with Crippen molar-refractivity contribution in [1.82, 2.24) is 29.9 Å². The third kappa shape index (κ3) is 7.49. The highest BCUT2D eigenvalue weighted by Crippen LogP contribution is 2.36. The van der Waals surface area contributed by atoms with Crippen molar-refractivity contribution in [1.29, 1.82) is 0 Å². The monoisotopic (exact) mass is 733 g/mol. The van der Waals surface area contributed by atoms with Gasteiger partial charge >= 0.3 is 0 Å². The van der Waals surface area contributed by atoms with E-state index in [0.29, 0.717) is 57.7 Å². The molecule has 0 amide bonds. The Morgan fingerprint density at radius 1 is 0.333 bits per heavy atom. The third-order valence-electron chi connectivity index (χ3n) is 9.29. The van der Waals surface area contributed by atoms with E-state index >= 15 is 0 Å². The Labute approximate surface area is 329 Å². The maximum atomic E-state index is 7.61. The summed E-state index contributed by atoms with van der Waals surface area (Å²) >= 11 is 0. The van der Waals surface area contributed by atoms with E-state index in [4.69, 9.17) is 41.2 Å². The van der Waals surface area contributed by atoms with Crippen molar-refractivity contribution in [3.63, 3.8) is 0 Å². The lowest BCUT2D eigenvalue weighted by Crippen LogP contribution is -2.01. The molecule has 57 heavy (non-hydrogen) atoms. The molecule has 0 aliphatic rings. The SMILES string of the molecule is [C-]#[N+]c1ccccc1-c1ccc(-c2nc(-c3ccccc3)nc(-c3ccccc3Oc3cccc(-c4nc(-c5ccccc5)nc(-c5ccccc5)n4)c3)n2)cc1. The smallest absolute Gasteiger partial charge is 0.194 e. The Morgan fingerprint density at radius 3 is 1.28 bits per heavy atom. The molecule has 7 aromatic carbocycles. The number of rotatable bonds is 9. The van der Waals surface area contributed by atoms with Gasteiger partial charge in [0, 0.05) is 27.8 Å². The predicted octanol–water partition coefficient (Wildman–Crippen LogP) is 12.1. The molecule has 9 rings (SSSR count). The molecular weight excluding hydrogens is 703 g/mol. The van der Waals surface area contributed by atoms with Crippen molar-refractivity contribution in [2.24, 2.45) is 0 Å². The maximum Gasteiger partial charge on any atom is 0.194 e. The Balaban J connectivity index is 1.09. The molecule has 0 spiro atoms. The van der Waals surface area contributed by atoms with Crippen molar-refractivity contribution < 1.29 is 4.74 Å². The number of benzene rings is 7. The van der Waals surface area contributed by atoms with Gasteiger partial charge in [0.2, 0.25) is 0 Å². The first-order valence-electron chi connectivity index (χ1n) is 18.3. The summed E-state index contributed by atoms with van der Waals surface area (Å²) in [6, 6.07) is 60.6. The molecule has 0 radical (unpaired) electrons. The van der Waals surface area contributed by atoms with E-state index in [-0.39, 0.29) is 0 Å². The van der Waals surface area contributed by atoms with Gasteiger partial charge in [-0.15, -0.1) is 0 Å². The highest BCUT2D eigenvalue weighted by Gasteiger charge is 2.18. The Morgan fingerprint density at radius 2 is 0.737 bits per heavy atom. The van der Waals surface area contributed by atoms with Crippen molar-refractivity contribution in [2.45, 2.75) is 0 Å². The van der Waals surface area contributed by atoms with Crippen LogP contribution in [0.4, 0.5) is 5.69 Å². The molecule has 0 saturated heterocycles. The highest BCUT2D eigenvalue weighted by molar-refractivity contribution is 5.80. The minimum atomic E-state index is 0.463. The van der Waals surface area contributed by atoms with E-state index in [1.54, 1.807) is 0 Å². The van der Waals surface area contributed by atoms with E-state index in [1.807, 2.05) is 188 Å². The molecule has 0 atom stereocenters. The molecule has 0 N–H and O–H groups in total. The number of nitrogens with zero attached hydrogens (tertiary/aromatic N) is 7. The van der Waals surface area contributed by atoms with Gasteiger partial charge in [-0.2, -0.15) is 0 Å². The number of aromatic nitrogens is 6. The fraction of sp³-hybridized carbons (Fsp3) is 0. The van der Waals surface area contributed by atoms with Crippen LogP contribution in [0.5, 0.6) is 11.5 Å². The molecule has 0 aliphatic heterocycles. The van der Waals surface area contributed by atoms with Crippen LogP contribution in [-0.2, 0) is 0 Å². The van der Waals surface area contributed by atoms with E-state index in [0.717, 1.165) is 38.9 Å². The summed E-state index contributed by atoms with van der Waals surface area (Å²) in [4.78, 5) is 33.2. The molecule has 0 unspecified atom stereocenters. The topological polar surface area (TPSA) is 90.9 Å². The van der Waals surface area contributed by atoms with Gasteiger partial charge in [0.05, 0.1) is 12.1 Å². The Bertz CT molecular complexity index is 2820. The molecule has 268 valence electrons. The standard InChI is InChI=1S/C49H31N7O/c1-50-42-26-13-11-24-40(42)33-28-30-37(31-29-33)47-52-46(36-20-9-4-10-21-36)55-49(56-47)41-25-12-14-27-43(41)57-39-23-15-22-38(32-39)48-53-44(34-16-5-2-6-17-34)51-45(54-48)35-18-7-3-8-19-35/h2-32H. The van der Waals surface area contributed by atoms with Crippen LogP contribution in [0.3, 0.4) is 0 Å². The zero-order valence-corrected chi connectivity index (χ0v) is 30.4. The normalized spacial score (nSPS) is 10.8. The van der Waals surface area contributed by atoms with Crippen LogP contribution in [0.25, 0.3) is 84.3 Å². The lowest BCUT2D eigenvalue weighted by atomic mass is 10.0. The largest absolute Gasteiger partial charge is 0.457 e. The fourth-order valence-corrected chi connectivity index (χ4v) is 6.46. The van der Waals surface area contributed by atoms with Crippen molar-refractivity contribution in [2.75, 3.05) is 0 Å². The molecule has 0 fully saturated rings. The quantitative estimate of drug-likeness (QED) is 0.136. The molecule has 0 saturated carbocycles. The zero-order valence-electron chi connectivity index (χ0n) is 30.4. The summed E-state index contributed by atoms with van der Waals surface area (Å²) < 4.78 is 6.64. The van der Waals surface area contributed by atoms with Gasteiger partial charge in [-0.05, 0) is 35.4 Å². The summed E-state index contributed by atoms with van der Waals surface area (Å²) in [6.45, 7) is 7.61. The number of ether oxygens (including phenoxy) is 1. The molecule has 2 aromatic heterocycles. The first-order valence-corrected chi connectivity index (χ1v) is 18.3. The van der Waals surface area contributed by atoms with Gasteiger partial charge in [-0.3, -0.25) is 0 Å². The second kappa shape index (κ2) is 15.7. The molecule has 0 aliphatic carbocycles. The summed E-state index contributed by atoms with van der Waals surface area (Å²) in [5.41, 5.74) is 7.35. The predicted molar refractivity (Wildman–Crippen MR) is 224 cm³/mol. The molecule has 8 heteroatoms. The maximum absolute atomic E-state index is 7.61. The summed E-state index contributed by atoms with van der Waals surface area (Å²) in [7, 11) is 0. The second-order valence-corrected chi connectivity index (χ2v) is 13.0. The average Bonchev–Trinajstić information content (AvgIpc) is 3.30. The van der Waals surface area contributed by atoms with E-state index in [1.165, 1.54) is 0 Å². The fourth-order valence-electron chi connectivity index (χ4n) is 6.46. The van der Waals surface area contributed by atoms with E-state index < -0.39 is 0 Å². The Hall–Kier alpha value is -8.15. The lowest BCUT2D eigenvalue weighted by molar-refractivity contribution is 0.484. The van der Waals surface area contributed by atoms with Gasteiger partial charge < -0.3 is 4.74 Å². The third-order valence-corrected chi connectivity index (χ3v) is 9.29. The minimum Gasteiger partial charge on any atom is -0.457 e. The molecule has 0 bridgehead atoms. The van der Waals surface area contributed by atoms with Crippen LogP contribution in [0, 0.1) is 6.57 Å². The first kappa shape index (κ1) is 34.6. The second-order valence-electron chi connectivity index (χ2n) is 13.0. The molecule has 8 nitrogen and oxygen atoms in total. The average molecular weight is 734 g/mol. The number of hydrogen-bond donors (Lipinski definition) is 0.